The van der Waals surface area contributed by atoms with Gasteiger partial charge in [0.15, 0.2) is 0 Å². The normalized spacial score (nSPS) is 22.0. The lowest BCUT2D eigenvalue weighted by molar-refractivity contribution is 0.0524. The van der Waals surface area contributed by atoms with Crippen molar-refractivity contribution >= 4 is 29.5 Å². The smallest absolute Gasteiger partial charge is 0.341 e. The van der Waals surface area contributed by atoms with Gasteiger partial charge in [-0.1, -0.05) is 20.3 Å². The minimum Gasteiger partial charge on any atom is -0.462 e. The van der Waals surface area contributed by atoms with Crippen molar-refractivity contribution in [1.29, 1.82) is 0 Å². The van der Waals surface area contributed by atoms with E-state index in [0.29, 0.717) is 22.7 Å². The molecule has 0 radical (unpaired) electrons. The maximum atomic E-state index is 12.0. The molecule has 21 heavy (non-hydrogen) atoms. The number of carbonyl (C=O) groups is 1. The molecule has 0 aliphatic carbocycles. The topological polar surface area (TPSA) is 52.1 Å². The van der Waals surface area contributed by atoms with Gasteiger partial charge in [0.2, 0.25) is 0 Å². The van der Waals surface area contributed by atoms with Crippen LogP contribution in [-0.4, -0.2) is 39.3 Å². The Labute approximate surface area is 134 Å². The third kappa shape index (κ3) is 4.13. The van der Waals surface area contributed by atoms with Crippen LogP contribution in [-0.2, 0) is 11.2 Å². The van der Waals surface area contributed by atoms with Crippen LogP contribution in [0.5, 0.6) is 0 Å². The van der Waals surface area contributed by atoms with Crippen LogP contribution >= 0.6 is 23.5 Å². The van der Waals surface area contributed by atoms with Crippen molar-refractivity contribution in [2.24, 2.45) is 0 Å². The van der Waals surface area contributed by atoms with Crippen molar-refractivity contribution in [3.05, 3.63) is 23.3 Å². The quantitative estimate of drug-likeness (QED) is 0.772. The average molecular weight is 326 g/mol. The molecule has 1 aromatic rings. The van der Waals surface area contributed by atoms with Gasteiger partial charge in [-0.3, -0.25) is 0 Å². The zero-order valence-electron chi connectivity index (χ0n) is 12.8. The third-order valence-electron chi connectivity index (χ3n) is 3.31. The summed E-state index contributed by atoms with van der Waals surface area (Å²) in [5.41, 5.74) is 1.34. The highest BCUT2D eigenvalue weighted by atomic mass is 32.2. The van der Waals surface area contributed by atoms with E-state index in [0.717, 1.165) is 30.1 Å². The van der Waals surface area contributed by atoms with Crippen LogP contribution in [0, 0.1) is 0 Å². The zero-order valence-corrected chi connectivity index (χ0v) is 14.4. The Morgan fingerprint density at radius 1 is 1.38 bits per heavy atom. The SMILES string of the molecule is CCCc1nc(C2SCCSC2C)ncc1C(=O)OCC. The standard InChI is InChI=1S/C15H22N2O2S2/c1-4-6-12-11(15(18)19-5-2)9-16-14(17-12)13-10(3)20-7-8-21-13/h9-10,13H,4-8H2,1-3H3. The van der Waals surface area contributed by atoms with E-state index in [1.165, 1.54) is 5.75 Å². The lowest BCUT2D eigenvalue weighted by Gasteiger charge is -2.26. The van der Waals surface area contributed by atoms with E-state index < -0.39 is 0 Å². The summed E-state index contributed by atoms with van der Waals surface area (Å²) in [5, 5.41) is 0.822. The van der Waals surface area contributed by atoms with Gasteiger partial charge in [-0.2, -0.15) is 11.8 Å². The first-order valence-electron chi connectivity index (χ1n) is 7.43. The van der Waals surface area contributed by atoms with Crippen molar-refractivity contribution in [3.63, 3.8) is 0 Å². The molecule has 0 aromatic carbocycles. The van der Waals surface area contributed by atoms with E-state index in [1.807, 2.05) is 30.4 Å². The van der Waals surface area contributed by atoms with Gasteiger partial charge in [-0.25, -0.2) is 14.8 Å². The molecule has 2 rings (SSSR count). The monoisotopic (exact) mass is 326 g/mol. The minimum atomic E-state index is -0.314. The molecular weight excluding hydrogens is 304 g/mol. The number of thioether (sulfide) groups is 2. The molecule has 0 bridgehead atoms. The molecule has 116 valence electrons. The Balaban J connectivity index is 2.28. The Kier molecular flexibility index (Phi) is 6.36. The van der Waals surface area contributed by atoms with Crippen LogP contribution in [0.2, 0.25) is 0 Å². The Morgan fingerprint density at radius 2 is 2.14 bits per heavy atom. The summed E-state index contributed by atoms with van der Waals surface area (Å²) in [7, 11) is 0. The van der Waals surface area contributed by atoms with Crippen LogP contribution in [0.1, 0.15) is 54.3 Å². The van der Waals surface area contributed by atoms with Gasteiger partial charge in [-0.15, -0.1) is 11.8 Å². The van der Waals surface area contributed by atoms with Crippen molar-refractivity contribution in [1.82, 2.24) is 9.97 Å². The summed E-state index contributed by atoms with van der Waals surface area (Å²) in [5.74, 6) is 2.86. The first-order chi connectivity index (χ1) is 10.2. The molecule has 1 fully saturated rings. The highest BCUT2D eigenvalue weighted by Gasteiger charge is 2.27. The second-order valence-corrected chi connectivity index (χ2v) is 7.66. The summed E-state index contributed by atoms with van der Waals surface area (Å²) in [6.07, 6.45) is 3.38. The first-order valence-corrected chi connectivity index (χ1v) is 9.53. The van der Waals surface area contributed by atoms with Crippen molar-refractivity contribution in [2.45, 2.75) is 44.1 Å². The van der Waals surface area contributed by atoms with E-state index in [-0.39, 0.29) is 5.97 Å². The number of nitrogens with zero attached hydrogens (tertiary/aromatic N) is 2. The zero-order chi connectivity index (χ0) is 15.2. The highest BCUT2D eigenvalue weighted by Crippen LogP contribution is 2.41. The number of hydrogen-bond donors (Lipinski definition) is 0. The maximum Gasteiger partial charge on any atom is 0.341 e. The first kappa shape index (κ1) is 16.6. The van der Waals surface area contributed by atoms with Gasteiger partial charge in [0, 0.05) is 23.0 Å². The van der Waals surface area contributed by atoms with Crippen molar-refractivity contribution < 1.29 is 9.53 Å². The molecule has 6 heteroatoms. The summed E-state index contributed by atoms with van der Waals surface area (Å²) in [4.78, 5) is 21.1. The summed E-state index contributed by atoms with van der Waals surface area (Å²) in [6.45, 7) is 6.50. The largest absolute Gasteiger partial charge is 0.462 e. The molecule has 1 aromatic heterocycles. The number of hydrogen-bond acceptors (Lipinski definition) is 6. The molecule has 0 amide bonds. The molecule has 2 atom stereocenters. The molecule has 1 aliphatic rings. The molecule has 1 saturated heterocycles. The Bertz CT molecular complexity index is 497. The number of rotatable bonds is 5. The predicted molar refractivity (Wildman–Crippen MR) is 89.1 cm³/mol. The van der Waals surface area contributed by atoms with E-state index in [1.54, 1.807) is 6.20 Å². The molecular formula is C15H22N2O2S2. The van der Waals surface area contributed by atoms with Gasteiger partial charge in [0.25, 0.3) is 0 Å². The third-order valence-corrected chi connectivity index (χ3v) is 6.40. The summed E-state index contributed by atoms with van der Waals surface area (Å²) in [6, 6.07) is 0. The van der Waals surface area contributed by atoms with Gasteiger partial charge in [0.1, 0.15) is 5.82 Å². The van der Waals surface area contributed by atoms with E-state index >= 15 is 0 Å². The molecule has 0 saturated carbocycles. The number of aryl methyl sites for hydroxylation is 1. The fourth-order valence-corrected chi connectivity index (χ4v) is 4.99. The van der Waals surface area contributed by atoms with E-state index in [9.17, 15) is 4.79 Å². The fraction of sp³-hybridized carbons (Fsp3) is 0.667. The lowest BCUT2D eigenvalue weighted by Crippen LogP contribution is -2.20. The molecule has 0 N–H and O–H groups in total. The van der Waals surface area contributed by atoms with Gasteiger partial charge in [0.05, 0.1) is 23.1 Å². The molecule has 2 unspecified atom stereocenters. The molecule has 2 heterocycles. The molecule has 0 spiro atoms. The second kappa shape index (κ2) is 8.03. The van der Waals surface area contributed by atoms with Crippen LogP contribution in [0.25, 0.3) is 0 Å². The van der Waals surface area contributed by atoms with Gasteiger partial charge < -0.3 is 4.74 Å². The molecule has 1 aliphatic heterocycles. The number of ether oxygens (including phenoxy) is 1. The van der Waals surface area contributed by atoms with Crippen LogP contribution < -0.4 is 0 Å². The lowest BCUT2D eigenvalue weighted by atomic mass is 10.1. The average Bonchev–Trinajstić information content (AvgIpc) is 2.48. The number of carbonyl (C=O) groups excluding carboxylic acids is 1. The van der Waals surface area contributed by atoms with Crippen molar-refractivity contribution in [2.75, 3.05) is 18.1 Å². The fourth-order valence-electron chi connectivity index (χ4n) is 2.29. The summed E-state index contributed by atoms with van der Waals surface area (Å²) < 4.78 is 5.09. The highest BCUT2D eigenvalue weighted by molar-refractivity contribution is 8.06. The van der Waals surface area contributed by atoms with Crippen molar-refractivity contribution in [3.8, 4) is 0 Å². The van der Waals surface area contributed by atoms with Gasteiger partial charge >= 0.3 is 5.97 Å². The van der Waals surface area contributed by atoms with Crippen LogP contribution in [0.4, 0.5) is 0 Å². The van der Waals surface area contributed by atoms with Crippen LogP contribution in [0.3, 0.4) is 0 Å². The maximum absolute atomic E-state index is 12.0. The predicted octanol–water partition coefficient (Wildman–Crippen LogP) is 3.52. The number of aromatic nitrogens is 2. The van der Waals surface area contributed by atoms with E-state index in [4.69, 9.17) is 9.72 Å². The minimum absolute atomic E-state index is 0.314. The summed E-state index contributed by atoms with van der Waals surface area (Å²) >= 11 is 3.88. The Hall–Kier alpha value is -0.750. The van der Waals surface area contributed by atoms with Crippen LogP contribution in [0.15, 0.2) is 6.20 Å². The van der Waals surface area contributed by atoms with E-state index in [2.05, 4.69) is 18.8 Å². The second-order valence-electron chi connectivity index (χ2n) is 4.93. The Morgan fingerprint density at radius 3 is 2.81 bits per heavy atom. The number of esters is 1. The molecule has 4 nitrogen and oxygen atoms in total. The van der Waals surface area contributed by atoms with Gasteiger partial charge in [-0.05, 0) is 13.3 Å².